The molecule has 0 aromatic heterocycles. The van der Waals surface area contributed by atoms with E-state index in [1.807, 2.05) is 24.3 Å². The molecular weight excluding hydrogens is 300 g/mol. The van der Waals surface area contributed by atoms with Gasteiger partial charge in [0.1, 0.15) is 5.54 Å². The second-order valence-electron chi connectivity index (χ2n) is 6.96. The minimum atomic E-state index is -0.597. The van der Waals surface area contributed by atoms with E-state index in [1.54, 1.807) is 11.9 Å². The van der Waals surface area contributed by atoms with Crippen molar-refractivity contribution < 1.29 is 9.59 Å². The normalized spacial score (nSPS) is 20.4. The number of benzene rings is 2. The van der Waals surface area contributed by atoms with Gasteiger partial charge in [-0.15, -0.1) is 0 Å². The summed E-state index contributed by atoms with van der Waals surface area (Å²) in [6.45, 7) is 0.352. The molecule has 1 aliphatic carbocycles. The Morgan fingerprint density at radius 1 is 0.958 bits per heavy atom. The molecule has 2 aromatic carbocycles. The summed E-state index contributed by atoms with van der Waals surface area (Å²) < 4.78 is 0. The van der Waals surface area contributed by atoms with Gasteiger partial charge in [-0.1, -0.05) is 61.7 Å². The quantitative estimate of drug-likeness (QED) is 0.786. The number of hydrogen-bond donors (Lipinski definition) is 0. The molecule has 3 amide bonds. The van der Waals surface area contributed by atoms with E-state index in [1.165, 1.54) is 4.90 Å². The van der Waals surface area contributed by atoms with Crippen molar-refractivity contribution in [2.24, 2.45) is 0 Å². The van der Waals surface area contributed by atoms with Crippen LogP contribution in [0.5, 0.6) is 0 Å². The zero-order valence-electron chi connectivity index (χ0n) is 14.0. The maximum Gasteiger partial charge on any atom is 0.327 e. The molecule has 1 aliphatic heterocycles. The number of nitrogens with zero attached hydrogens (tertiary/aromatic N) is 2. The molecule has 4 rings (SSSR count). The Labute approximate surface area is 142 Å². The van der Waals surface area contributed by atoms with Crippen molar-refractivity contribution in [2.45, 2.75) is 44.2 Å². The van der Waals surface area contributed by atoms with Gasteiger partial charge in [0.15, 0.2) is 0 Å². The maximum absolute atomic E-state index is 13.1. The molecule has 1 heterocycles. The highest BCUT2D eigenvalue weighted by atomic mass is 16.2. The SMILES string of the molecule is CN1C(=O)N(Cc2cccc3ccccc23)C(=O)C12CCCCC2. The number of carbonyl (C=O) groups excluding carboxylic acids is 2. The van der Waals surface area contributed by atoms with Crippen LogP contribution < -0.4 is 0 Å². The number of likely N-dealkylation sites (N-methyl/N-ethyl adjacent to an activating group) is 1. The molecule has 4 heteroatoms. The minimum absolute atomic E-state index is 0.0114. The topological polar surface area (TPSA) is 40.6 Å². The van der Waals surface area contributed by atoms with Gasteiger partial charge in [-0.25, -0.2) is 4.79 Å². The lowest BCUT2D eigenvalue weighted by Gasteiger charge is -2.35. The van der Waals surface area contributed by atoms with Crippen LogP contribution in [-0.2, 0) is 11.3 Å². The molecule has 24 heavy (non-hydrogen) atoms. The molecule has 2 aromatic rings. The summed E-state index contributed by atoms with van der Waals surface area (Å²) in [6.07, 6.45) is 4.78. The summed E-state index contributed by atoms with van der Waals surface area (Å²) in [5.41, 5.74) is 0.427. The average molecular weight is 322 g/mol. The van der Waals surface area contributed by atoms with Crippen molar-refractivity contribution in [3.05, 3.63) is 48.0 Å². The molecule has 0 atom stereocenters. The van der Waals surface area contributed by atoms with Gasteiger partial charge in [0.05, 0.1) is 6.54 Å². The second kappa shape index (κ2) is 5.62. The fraction of sp³-hybridized carbons (Fsp3) is 0.400. The molecule has 0 radical (unpaired) electrons. The number of hydrogen-bond acceptors (Lipinski definition) is 2. The van der Waals surface area contributed by atoms with Gasteiger partial charge < -0.3 is 4.90 Å². The molecule has 124 valence electrons. The second-order valence-corrected chi connectivity index (χ2v) is 6.96. The van der Waals surface area contributed by atoms with E-state index >= 15 is 0 Å². The summed E-state index contributed by atoms with van der Waals surface area (Å²) in [5.74, 6) is -0.0114. The third-order valence-corrected chi connectivity index (χ3v) is 5.69. The third kappa shape index (κ3) is 2.13. The van der Waals surface area contributed by atoms with Crippen molar-refractivity contribution in [2.75, 3.05) is 7.05 Å². The van der Waals surface area contributed by atoms with Gasteiger partial charge in [-0.3, -0.25) is 9.69 Å². The molecule has 2 fully saturated rings. The highest BCUT2D eigenvalue weighted by molar-refractivity contribution is 6.07. The van der Waals surface area contributed by atoms with Crippen molar-refractivity contribution in [1.82, 2.24) is 9.80 Å². The summed E-state index contributed by atoms with van der Waals surface area (Å²) in [7, 11) is 1.79. The Kier molecular flexibility index (Phi) is 3.56. The van der Waals surface area contributed by atoms with Crippen LogP contribution in [0.15, 0.2) is 42.5 Å². The van der Waals surface area contributed by atoms with E-state index in [0.29, 0.717) is 6.54 Å². The monoisotopic (exact) mass is 322 g/mol. The van der Waals surface area contributed by atoms with E-state index in [9.17, 15) is 9.59 Å². The molecule has 4 nitrogen and oxygen atoms in total. The fourth-order valence-electron chi connectivity index (χ4n) is 4.27. The lowest BCUT2D eigenvalue weighted by molar-refractivity contribution is -0.134. The van der Waals surface area contributed by atoms with Crippen molar-refractivity contribution in [1.29, 1.82) is 0 Å². The smallest absolute Gasteiger partial charge is 0.313 e. The number of carbonyl (C=O) groups is 2. The van der Waals surface area contributed by atoms with Crippen LogP contribution in [0, 0.1) is 0 Å². The standard InChI is InChI=1S/C20H22N2O2/c1-21-19(24)22(18(23)20(21)12-5-2-6-13-20)14-16-10-7-9-15-8-3-4-11-17(15)16/h3-4,7-11H,2,5-6,12-14H2,1H3. The van der Waals surface area contributed by atoms with Crippen LogP contribution in [0.2, 0.25) is 0 Å². The predicted molar refractivity (Wildman–Crippen MR) is 93.5 cm³/mol. The number of urea groups is 1. The van der Waals surface area contributed by atoms with Gasteiger partial charge in [-0.05, 0) is 29.2 Å². The molecule has 1 saturated carbocycles. The Hall–Kier alpha value is -2.36. The molecular formula is C20H22N2O2. The van der Waals surface area contributed by atoms with E-state index in [-0.39, 0.29) is 11.9 Å². The molecule has 1 spiro atoms. The first-order valence-corrected chi connectivity index (χ1v) is 8.70. The van der Waals surface area contributed by atoms with Gasteiger partial charge in [0.25, 0.3) is 5.91 Å². The number of rotatable bonds is 2. The first-order chi connectivity index (χ1) is 11.6. The molecule has 0 unspecified atom stereocenters. The molecule has 2 aliphatic rings. The lowest BCUT2D eigenvalue weighted by Crippen LogP contribution is -2.49. The van der Waals surface area contributed by atoms with Gasteiger partial charge >= 0.3 is 6.03 Å². The van der Waals surface area contributed by atoms with Crippen LogP contribution in [0.1, 0.15) is 37.7 Å². The largest absolute Gasteiger partial charge is 0.327 e. The molecule has 0 bridgehead atoms. The average Bonchev–Trinajstić information content (AvgIpc) is 2.79. The lowest BCUT2D eigenvalue weighted by atomic mass is 9.80. The Bertz CT molecular complexity index is 803. The van der Waals surface area contributed by atoms with Gasteiger partial charge in [0, 0.05) is 7.05 Å². The summed E-state index contributed by atoms with van der Waals surface area (Å²) >= 11 is 0. The molecule has 0 N–H and O–H groups in total. The van der Waals surface area contributed by atoms with Crippen LogP contribution in [0.25, 0.3) is 10.8 Å². The van der Waals surface area contributed by atoms with Gasteiger partial charge in [-0.2, -0.15) is 0 Å². The Balaban J connectivity index is 1.69. The highest BCUT2D eigenvalue weighted by Crippen LogP contribution is 2.40. The third-order valence-electron chi connectivity index (χ3n) is 5.69. The molecule has 1 saturated heterocycles. The van der Waals surface area contributed by atoms with Crippen LogP contribution in [-0.4, -0.2) is 34.3 Å². The summed E-state index contributed by atoms with van der Waals surface area (Å²) in [4.78, 5) is 29.0. The van der Waals surface area contributed by atoms with Crippen molar-refractivity contribution in [3.8, 4) is 0 Å². The first-order valence-electron chi connectivity index (χ1n) is 8.70. The predicted octanol–water partition coefficient (Wildman–Crippen LogP) is 3.94. The number of imide groups is 1. The van der Waals surface area contributed by atoms with Gasteiger partial charge in [0.2, 0.25) is 0 Å². The van der Waals surface area contributed by atoms with E-state index in [4.69, 9.17) is 0 Å². The number of fused-ring (bicyclic) bond motifs is 1. The van der Waals surface area contributed by atoms with Crippen molar-refractivity contribution >= 4 is 22.7 Å². The summed E-state index contributed by atoms with van der Waals surface area (Å²) in [6, 6.07) is 14.0. The van der Waals surface area contributed by atoms with Crippen LogP contribution in [0.4, 0.5) is 4.79 Å². The highest BCUT2D eigenvalue weighted by Gasteiger charge is 2.55. The van der Waals surface area contributed by atoms with E-state index in [0.717, 1.165) is 48.4 Å². The zero-order chi connectivity index (χ0) is 16.7. The van der Waals surface area contributed by atoms with E-state index in [2.05, 4.69) is 18.2 Å². The number of amides is 3. The zero-order valence-corrected chi connectivity index (χ0v) is 14.0. The first kappa shape index (κ1) is 15.2. The minimum Gasteiger partial charge on any atom is -0.313 e. The maximum atomic E-state index is 13.1. The van der Waals surface area contributed by atoms with E-state index < -0.39 is 5.54 Å². The summed E-state index contributed by atoms with van der Waals surface area (Å²) in [5, 5.41) is 2.24. The van der Waals surface area contributed by atoms with Crippen molar-refractivity contribution in [3.63, 3.8) is 0 Å². The Morgan fingerprint density at radius 3 is 2.46 bits per heavy atom. The fourth-order valence-corrected chi connectivity index (χ4v) is 4.27. The Morgan fingerprint density at radius 2 is 1.67 bits per heavy atom. The van der Waals surface area contributed by atoms with Crippen LogP contribution >= 0.6 is 0 Å². The van der Waals surface area contributed by atoms with Crippen LogP contribution in [0.3, 0.4) is 0 Å².